The third-order valence-electron chi connectivity index (χ3n) is 2.60. The summed E-state index contributed by atoms with van der Waals surface area (Å²) in [5.41, 5.74) is 0.662. The first-order valence-electron chi connectivity index (χ1n) is 5.29. The number of nitrogens with zero attached hydrogens (tertiary/aromatic N) is 2. The van der Waals surface area contributed by atoms with Crippen molar-refractivity contribution in [2.45, 2.75) is 26.8 Å². The second kappa shape index (κ2) is 3.85. The quantitative estimate of drug-likeness (QED) is 0.731. The number of aliphatic imine (C=N–C) groups is 1. The summed E-state index contributed by atoms with van der Waals surface area (Å²) in [5.74, 6) is 0.162. The van der Waals surface area contributed by atoms with Crippen LogP contribution in [0.4, 0.5) is 4.39 Å². The van der Waals surface area contributed by atoms with Gasteiger partial charge in [-0.3, -0.25) is 0 Å². The number of rotatable bonds is 1. The van der Waals surface area contributed by atoms with E-state index in [2.05, 4.69) is 30.7 Å². The van der Waals surface area contributed by atoms with E-state index in [1.165, 1.54) is 12.3 Å². The maximum Gasteiger partial charge on any atom is 0.235 e. The number of pyridine rings is 1. The van der Waals surface area contributed by atoms with Gasteiger partial charge in [0.25, 0.3) is 0 Å². The fraction of sp³-hybridized carbons (Fsp3) is 0.500. The van der Waals surface area contributed by atoms with Gasteiger partial charge in [0.15, 0.2) is 0 Å². The van der Waals surface area contributed by atoms with Gasteiger partial charge in [-0.15, -0.1) is 0 Å². The minimum absolute atomic E-state index is 0.0712. The number of aromatic nitrogens is 1. The lowest BCUT2D eigenvalue weighted by Crippen LogP contribution is -2.25. The Morgan fingerprint density at radius 3 is 2.62 bits per heavy atom. The molecular formula is C12H15FN2O. The highest BCUT2D eigenvalue weighted by molar-refractivity contribution is 5.93. The van der Waals surface area contributed by atoms with Crippen molar-refractivity contribution in [3.05, 3.63) is 29.8 Å². The normalized spacial score (nSPS) is 20.5. The summed E-state index contributed by atoms with van der Waals surface area (Å²) < 4.78 is 18.2. The van der Waals surface area contributed by atoms with E-state index in [1.807, 2.05) is 0 Å². The molecular weight excluding hydrogens is 207 g/mol. The van der Waals surface area contributed by atoms with Crippen molar-refractivity contribution < 1.29 is 9.13 Å². The van der Waals surface area contributed by atoms with Gasteiger partial charge in [0.05, 0.1) is 12.2 Å². The Kier molecular flexibility index (Phi) is 2.66. The molecule has 4 heteroatoms. The fourth-order valence-electron chi connectivity index (χ4n) is 1.46. The summed E-state index contributed by atoms with van der Waals surface area (Å²) in [6, 6.07) is 3.08. The first-order valence-corrected chi connectivity index (χ1v) is 5.29. The molecule has 1 aromatic heterocycles. The molecule has 2 heterocycles. The molecule has 1 atom stereocenters. The Morgan fingerprint density at radius 2 is 2.12 bits per heavy atom. The van der Waals surface area contributed by atoms with Crippen LogP contribution in [0, 0.1) is 11.2 Å². The van der Waals surface area contributed by atoms with Crippen LogP contribution in [-0.2, 0) is 4.74 Å². The Bertz CT molecular complexity index is 406. The summed E-state index contributed by atoms with van der Waals surface area (Å²) in [6.45, 7) is 6.92. The van der Waals surface area contributed by atoms with Crippen LogP contribution in [0.15, 0.2) is 23.3 Å². The Labute approximate surface area is 94.4 Å². The largest absolute Gasteiger partial charge is 0.474 e. The standard InChI is InChI=1S/C12H15FN2O/c1-12(2,3)10-7-16-11(15-10)9-5-4-8(13)6-14-9/h4-6,10H,7H2,1-3H3/t10-/m0/s1. The minimum Gasteiger partial charge on any atom is -0.474 e. The van der Waals surface area contributed by atoms with Gasteiger partial charge in [-0.25, -0.2) is 14.4 Å². The highest BCUT2D eigenvalue weighted by Crippen LogP contribution is 2.26. The van der Waals surface area contributed by atoms with Crippen molar-refractivity contribution in [1.82, 2.24) is 4.98 Å². The number of halogens is 1. The van der Waals surface area contributed by atoms with Gasteiger partial charge in [-0.2, -0.15) is 0 Å². The van der Waals surface area contributed by atoms with Crippen molar-refractivity contribution in [2.24, 2.45) is 10.4 Å². The van der Waals surface area contributed by atoms with Crippen LogP contribution in [0.2, 0.25) is 0 Å². The van der Waals surface area contributed by atoms with Crippen LogP contribution in [0.3, 0.4) is 0 Å². The molecule has 0 radical (unpaired) electrons. The summed E-state index contributed by atoms with van der Waals surface area (Å²) in [7, 11) is 0. The van der Waals surface area contributed by atoms with E-state index in [4.69, 9.17) is 4.74 Å². The highest BCUT2D eigenvalue weighted by Gasteiger charge is 2.30. The number of hydrogen-bond donors (Lipinski definition) is 0. The predicted molar refractivity (Wildman–Crippen MR) is 59.9 cm³/mol. The third-order valence-corrected chi connectivity index (χ3v) is 2.60. The van der Waals surface area contributed by atoms with E-state index in [9.17, 15) is 4.39 Å². The molecule has 86 valence electrons. The van der Waals surface area contributed by atoms with Crippen LogP contribution in [0.1, 0.15) is 26.5 Å². The molecule has 0 aliphatic carbocycles. The van der Waals surface area contributed by atoms with E-state index in [-0.39, 0.29) is 17.3 Å². The molecule has 0 N–H and O–H groups in total. The highest BCUT2D eigenvalue weighted by atomic mass is 19.1. The van der Waals surface area contributed by atoms with Crippen molar-refractivity contribution in [2.75, 3.05) is 6.61 Å². The molecule has 0 bridgehead atoms. The topological polar surface area (TPSA) is 34.5 Å². The van der Waals surface area contributed by atoms with Crippen LogP contribution in [-0.4, -0.2) is 23.5 Å². The van der Waals surface area contributed by atoms with E-state index in [0.29, 0.717) is 18.2 Å². The summed E-state index contributed by atoms with van der Waals surface area (Å²) in [6.07, 6.45) is 1.17. The van der Waals surface area contributed by atoms with E-state index >= 15 is 0 Å². The maximum atomic E-state index is 12.7. The summed E-state index contributed by atoms with van der Waals surface area (Å²) in [5, 5.41) is 0. The monoisotopic (exact) mass is 222 g/mol. The lowest BCUT2D eigenvalue weighted by atomic mass is 9.88. The van der Waals surface area contributed by atoms with Crippen LogP contribution in [0.5, 0.6) is 0 Å². The van der Waals surface area contributed by atoms with Crippen LogP contribution < -0.4 is 0 Å². The predicted octanol–water partition coefficient (Wildman–Crippen LogP) is 2.41. The Morgan fingerprint density at radius 1 is 1.38 bits per heavy atom. The third kappa shape index (κ3) is 2.21. The molecule has 0 unspecified atom stereocenters. The van der Waals surface area contributed by atoms with Crippen molar-refractivity contribution in [3.8, 4) is 0 Å². The maximum absolute atomic E-state index is 12.7. The van der Waals surface area contributed by atoms with Gasteiger partial charge in [-0.05, 0) is 17.5 Å². The molecule has 0 fully saturated rings. The molecule has 3 nitrogen and oxygen atoms in total. The molecule has 0 spiro atoms. The Hall–Kier alpha value is -1.45. The second-order valence-corrected chi connectivity index (χ2v) is 4.99. The number of hydrogen-bond acceptors (Lipinski definition) is 3. The van der Waals surface area contributed by atoms with Gasteiger partial charge < -0.3 is 4.74 Å². The Balaban J connectivity index is 2.21. The molecule has 1 aromatic rings. The lowest BCUT2D eigenvalue weighted by Gasteiger charge is -2.21. The average molecular weight is 222 g/mol. The minimum atomic E-state index is -0.352. The first-order chi connectivity index (χ1) is 7.47. The molecule has 2 rings (SSSR count). The zero-order chi connectivity index (χ0) is 11.8. The van der Waals surface area contributed by atoms with Crippen molar-refractivity contribution >= 4 is 5.90 Å². The molecule has 0 saturated carbocycles. The van der Waals surface area contributed by atoms with Gasteiger partial charge in [0.1, 0.15) is 18.1 Å². The van der Waals surface area contributed by atoms with Crippen LogP contribution in [0.25, 0.3) is 0 Å². The van der Waals surface area contributed by atoms with Gasteiger partial charge in [-0.1, -0.05) is 20.8 Å². The van der Waals surface area contributed by atoms with Gasteiger partial charge in [0.2, 0.25) is 5.90 Å². The molecule has 1 aliphatic rings. The first kappa shape index (κ1) is 11.0. The number of ether oxygens (including phenoxy) is 1. The smallest absolute Gasteiger partial charge is 0.235 e. The van der Waals surface area contributed by atoms with Crippen LogP contribution >= 0.6 is 0 Å². The lowest BCUT2D eigenvalue weighted by molar-refractivity contribution is 0.235. The SMILES string of the molecule is CC(C)(C)[C@@H]1COC(c2ccc(F)cn2)=N1. The average Bonchev–Trinajstić information content (AvgIpc) is 2.67. The zero-order valence-corrected chi connectivity index (χ0v) is 9.70. The fourth-order valence-corrected chi connectivity index (χ4v) is 1.46. The zero-order valence-electron chi connectivity index (χ0n) is 9.70. The molecule has 1 aliphatic heterocycles. The summed E-state index contributed by atoms with van der Waals surface area (Å²) >= 11 is 0. The molecule has 0 aromatic carbocycles. The second-order valence-electron chi connectivity index (χ2n) is 4.99. The van der Waals surface area contributed by atoms with E-state index < -0.39 is 0 Å². The summed E-state index contributed by atoms with van der Waals surface area (Å²) in [4.78, 5) is 8.41. The molecule has 0 amide bonds. The van der Waals surface area contributed by atoms with Crippen molar-refractivity contribution in [3.63, 3.8) is 0 Å². The van der Waals surface area contributed by atoms with E-state index in [0.717, 1.165) is 0 Å². The van der Waals surface area contributed by atoms with E-state index in [1.54, 1.807) is 6.07 Å². The molecule has 16 heavy (non-hydrogen) atoms. The van der Waals surface area contributed by atoms with Gasteiger partial charge in [0, 0.05) is 0 Å². The van der Waals surface area contributed by atoms with Gasteiger partial charge >= 0.3 is 0 Å². The molecule has 0 saturated heterocycles. The van der Waals surface area contributed by atoms with Crippen molar-refractivity contribution in [1.29, 1.82) is 0 Å².